The van der Waals surface area contributed by atoms with Crippen LogP contribution in [0.2, 0.25) is 0 Å². The van der Waals surface area contributed by atoms with Crippen molar-refractivity contribution in [3.8, 4) is 0 Å². The molecule has 1 unspecified atom stereocenters. The first kappa shape index (κ1) is 25.3. The predicted octanol–water partition coefficient (Wildman–Crippen LogP) is 3.60. The van der Waals surface area contributed by atoms with E-state index in [2.05, 4.69) is 6.92 Å². The summed E-state index contributed by atoms with van der Waals surface area (Å²) >= 11 is 0. The van der Waals surface area contributed by atoms with Crippen LogP contribution in [0, 0.1) is 28.1 Å². The molecule has 9 heteroatoms. The highest BCUT2D eigenvalue weighted by Gasteiger charge is 2.88. The Bertz CT molecular complexity index is 1290. The number of allylic oxidation sites excluding steroid dienone is 1. The van der Waals surface area contributed by atoms with Crippen LogP contribution in [0.25, 0.3) is 0 Å². The van der Waals surface area contributed by atoms with Gasteiger partial charge in [0.1, 0.15) is 6.10 Å². The van der Waals surface area contributed by atoms with Gasteiger partial charge in [0.15, 0.2) is 11.4 Å². The van der Waals surface area contributed by atoms with Gasteiger partial charge < -0.3 is 23.7 Å². The second kappa shape index (κ2) is 7.58. The molecule has 5 aliphatic rings. The number of furan rings is 1. The molecule has 0 radical (unpaired) electrons. The Balaban J connectivity index is 1.57. The minimum atomic E-state index is -1.64. The highest BCUT2D eigenvalue weighted by molar-refractivity contribution is 5.99. The minimum absolute atomic E-state index is 0.0524. The van der Waals surface area contributed by atoms with Crippen molar-refractivity contribution in [2.24, 2.45) is 28.1 Å². The number of ketones is 1. The molecule has 1 N–H and O–H groups in total. The number of ether oxygens (including phenoxy) is 3. The molecule has 204 valence electrons. The number of hydrogen-bond acceptors (Lipinski definition) is 9. The van der Waals surface area contributed by atoms with Gasteiger partial charge in [-0.3, -0.25) is 19.2 Å². The summed E-state index contributed by atoms with van der Waals surface area (Å²) < 4.78 is 22.1. The predicted molar refractivity (Wildman–Crippen MR) is 130 cm³/mol. The molecule has 4 aliphatic carbocycles. The molecule has 6 rings (SSSR count). The summed E-state index contributed by atoms with van der Waals surface area (Å²) in [6.45, 7) is 7.05. The maximum Gasteiger partial charge on any atom is 0.310 e. The van der Waals surface area contributed by atoms with Gasteiger partial charge in [-0.15, -0.1) is 0 Å². The molecule has 2 heterocycles. The van der Waals surface area contributed by atoms with Gasteiger partial charge >= 0.3 is 17.9 Å². The van der Waals surface area contributed by atoms with Crippen LogP contribution < -0.4 is 0 Å². The average molecular weight is 527 g/mol. The Labute approximate surface area is 220 Å². The van der Waals surface area contributed by atoms with E-state index in [4.69, 9.17) is 18.6 Å². The van der Waals surface area contributed by atoms with Crippen LogP contribution in [-0.4, -0.2) is 47.1 Å². The van der Waals surface area contributed by atoms with Crippen molar-refractivity contribution in [3.63, 3.8) is 0 Å². The van der Waals surface area contributed by atoms with E-state index in [9.17, 15) is 24.3 Å². The molecule has 1 saturated heterocycles. The first-order chi connectivity index (χ1) is 17.8. The van der Waals surface area contributed by atoms with Gasteiger partial charge in [0, 0.05) is 35.2 Å². The molecule has 1 aliphatic heterocycles. The molecule has 4 fully saturated rings. The van der Waals surface area contributed by atoms with Crippen molar-refractivity contribution in [3.05, 3.63) is 35.3 Å². The van der Waals surface area contributed by atoms with Crippen LogP contribution in [0.3, 0.4) is 0 Å². The molecule has 38 heavy (non-hydrogen) atoms. The molecular weight excluding hydrogens is 492 g/mol. The molecule has 0 aromatic carbocycles. The summed E-state index contributed by atoms with van der Waals surface area (Å²) in [5, 5.41) is 12.4. The summed E-state index contributed by atoms with van der Waals surface area (Å²) in [6, 6.07) is 1.80. The lowest BCUT2D eigenvalue weighted by atomic mass is 9.39. The van der Waals surface area contributed by atoms with E-state index in [-0.39, 0.29) is 43.4 Å². The average Bonchev–Trinajstić information content (AvgIpc) is 3.49. The molecule has 8 atom stereocenters. The highest BCUT2D eigenvalue weighted by Crippen LogP contribution is 2.80. The molecule has 0 amide bonds. The van der Waals surface area contributed by atoms with Crippen molar-refractivity contribution >= 4 is 23.7 Å². The summed E-state index contributed by atoms with van der Waals surface area (Å²) in [4.78, 5) is 52.3. The summed E-state index contributed by atoms with van der Waals surface area (Å²) in [5.74, 6) is -2.92. The normalized spacial score (nSPS) is 44.8. The third-order valence-corrected chi connectivity index (χ3v) is 11.4. The number of carbonyl (C=O) groups is 4. The van der Waals surface area contributed by atoms with Gasteiger partial charge in [0.2, 0.25) is 0 Å². The number of cyclic esters (lactones) is 1. The van der Waals surface area contributed by atoms with Gasteiger partial charge in [0.25, 0.3) is 0 Å². The number of esters is 3. The number of rotatable bonds is 4. The van der Waals surface area contributed by atoms with Crippen molar-refractivity contribution in [1.29, 1.82) is 0 Å². The summed E-state index contributed by atoms with van der Waals surface area (Å²) in [5.41, 5.74) is -3.14. The Morgan fingerprint density at radius 2 is 1.92 bits per heavy atom. The third-order valence-electron chi connectivity index (χ3n) is 11.4. The van der Waals surface area contributed by atoms with Gasteiger partial charge in [-0.2, -0.15) is 0 Å². The number of aliphatic hydroxyl groups is 1. The molecule has 1 aromatic rings. The van der Waals surface area contributed by atoms with Gasteiger partial charge in [-0.25, -0.2) is 0 Å². The Morgan fingerprint density at radius 3 is 2.55 bits per heavy atom. The second-order valence-corrected chi connectivity index (χ2v) is 12.5. The van der Waals surface area contributed by atoms with E-state index in [0.717, 1.165) is 16.7 Å². The zero-order valence-electron chi connectivity index (χ0n) is 22.4. The Morgan fingerprint density at radius 1 is 1.18 bits per heavy atom. The minimum Gasteiger partial charge on any atom is -0.472 e. The summed E-state index contributed by atoms with van der Waals surface area (Å²) in [6.07, 6.45) is 4.08. The lowest BCUT2D eigenvalue weighted by molar-refractivity contribution is -0.225. The SMILES string of the molecule is COC(=O)C[C@]1(C)[C@@]2(C)[C@H]3CC[C@]4(C)C(=C3CC3C(=O)[C@]1(OC(C)=O)C[C@@]32O)CC(=O)O[C@H]4c1ccoc1. The van der Waals surface area contributed by atoms with Gasteiger partial charge in [-0.1, -0.05) is 26.3 Å². The van der Waals surface area contributed by atoms with Crippen LogP contribution in [0.4, 0.5) is 0 Å². The van der Waals surface area contributed by atoms with Crippen LogP contribution in [0.1, 0.15) is 77.9 Å². The van der Waals surface area contributed by atoms with E-state index >= 15 is 0 Å². The molecule has 3 saturated carbocycles. The Kier molecular flexibility index (Phi) is 5.06. The van der Waals surface area contributed by atoms with Crippen molar-refractivity contribution < 1.29 is 42.9 Å². The van der Waals surface area contributed by atoms with Crippen molar-refractivity contribution in [2.75, 3.05) is 7.11 Å². The molecule has 9 nitrogen and oxygen atoms in total. The maximum absolute atomic E-state index is 14.2. The van der Waals surface area contributed by atoms with Crippen molar-refractivity contribution in [1.82, 2.24) is 0 Å². The van der Waals surface area contributed by atoms with Crippen LogP contribution in [0.15, 0.2) is 34.2 Å². The van der Waals surface area contributed by atoms with Gasteiger partial charge in [0.05, 0.1) is 44.0 Å². The van der Waals surface area contributed by atoms with Crippen molar-refractivity contribution in [2.45, 2.75) is 83.5 Å². The molecule has 0 spiro atoms. The van der Waals surface area contributed by atoms with Crippen LogP contribution >= 0.6 is 0 Å². The Hall–Kier alpha value is -2.94. The largest absolute Gasteiger partial charge is 0.472 e. The van der Waals surface area contributed by atoms with Gasteiger partial charge in [-0.05, 0) is 36.8 Å². The molecular formula is C29H34O9. The number of fused-ring (bicyclic) bond motifs is 4. The van der Waals surface area contributed by atoms with Crippen LogP contribution in [-0.2, 0) is 33.4 Å². The third kappa shape index (κ3) is 2.66. The molecule has 1 aromatic heterocycles. The zero-order valence-corrected chi connectivity index (χ0v) is 22.4. The fraction of sp³-hybridized carbons (Fsp3) is 0.655. The first-order valence-electron chi connectivity index (χ1n) is 13.3. The number of carbonyl (C=O) groups excluding carboxylic acids is 4. The maximum atomic E-state index is 14.2. The number of hydrogen-bond donors (Lipinski definition) is 1. The van der Waals surface area contributed by atoms with E-state index in [1.54, 1.807) is 25.5 Å². The quantitative estimate of drug-likeness (QED) is 0.355. The van der Waals surface area contributed by atoms with E-state index in [0.29, 0.717) is 12.8 Å². The fourth-order valence-corrected chi connectivity index (χ4v) is 9.46. The number of Topliss-reactive ketones (excluding diaryl/α,β-unsaturated/α-hetero) is 1. The smallest absolute Gasteiger partial charge is 0.310 e. The van der Waals surface area contributed by atoms with E-state index in [1.807, 2.05) is 6.92 Å². The standard InChI is InChI=1S/C29H34O9/c1-15(30)38-29-14-28(34)20(23(29)33)10-17-18(27(28,4)26(29,3)12-22(32)35-5)6-8-25(2)19(17)11-21(31)37-24(25)16-7-9-36-13-16/h7,9,13,18,20,24,34H,6,8,10-12,14H2,1-5H3/t18-,20?,24-,25+,26+,27+,28+,29+/m0/s1. The monoisotopic (exact) mass is 526 g/mol. The zero-order chi connectivity index (χ0) is 27.5. The lowest BCUT2D eigenvalue weighted by Gasteiger charge is -2.65. The van der Waals surface area contributed by atoms with E-state index in [1.165, 1.54) is 14.0 Å². The second-order valence-electron chi connectivity index (χ2n) is 12.5. The fourth-order valence-electron chi connectivity index (χ4n) is 9.46. The highest BCUT2D eigenvalue weighted by atomic mass is 16.6. The summed E-state index contributed by atoms with van der Waals surface area (Å²) in [7, 11) is 1.28. The topological polar surface area (TPSA) is 129 Å². The molecule has 2 bridgehead atoms. The van der Waals surface area contributed by atoms with Crippen LogP contribution in [0.5, 0.6) is 0 Å². The lowest BCUT2D eigenvalue weighted by Crippen LogP contribution is -2.70. The van der Waals surface area contributed by atoms with E-state index < -0.39 is 51.4 Å². The first-order valence-corrected chi connectivity index (χ1v) is 13.3. The number of methoxy groups -OCH3 is 1.